The minimum Gasteiger partial charge on any atom is -0.461 e. The summed E-state index contributed by atoms with van der Waals surface area (Å²) in [7, 11) is 0. The van der Waals surface area contributed by atoms with Crippen molar-refractivity contribution >= 4 is 41.0 Å². The monoisotopic (exact) mass is 631 g/mol. The number of aliphatic hydroxyl groups is 1. The van der Waals surface area contributed by atoms with Crippen molar-refractivity contribution in [2.24, 2.45) is 5.92 Å². The number of hydrogen-bond acceptors (Lipinski definition) is 6. The molecule has 9 nitrogen and oxygen atoms in total. The molecule has 10 heteroatoms. The van der Waals surface area contributed by atoms with Crippen molar-refractivity contribution < 1.29 is 29.0 Å². The van der Waals surface area contributed by atoms with Gasteiger partial charge in [0, 0.05) is 29.3 Å². The summed E-state index contributed by atoms with van der Waals surface area (Å²) in [4.78, 5) is 56.8. The van der Waals surface area contributed by atoms with E-state index in [1.807, 2.05) is 6.07 Å². The molecule has 0 radical (unpaired) electrons. The molecule has 3 aromatic rings. The maximum atomic E-state index is 14.7. The van der Waals surface area contributed by atoms with Gasteiger partial charge in [-0.1, -0.05) is 86.1 Å². The molecule has 0 saturated carbocycles. The van der Waals surface area contributed by atoms with Crippen LogP contribution in [0.2, 0.25) is 5.02 Å². The van der Waals surface area contributed by atoms with Crippen LogP contribution in [-0.4, -0.2) is 68.0 Å². The van der Waals surface area contributed by atoms with E-state index in [1.54, 1.807) is 113 Å². The fourth-order valence-electron chi connectivity index (χ4n) is 5.36. The van der Waals surface area contributed by atoms with Crippen LogP contribution in [0.25, 0.3) is 5.70 Å². The molecule has 1 aliphatic rings. The molecule has 236 valence electrons. The lowest BCUT2D eigenvalue weighted by molar-refractivity contribution is -0.177. The minimum atomic E-state index is -1.80. The third-order valence-electron chi connectivity index (χ3n) is 7.38. The van der Waals surface area contributed by atoms with Gasteiger partial charge in [-0.25, -0.2) is 14.8 Å². The lowest BCUT2D eigenvalue weighted by Crippen LogP contribution is -2.64. The van der Waals surface area contributed by atoms with E-state index >= 15 is 0 Å². The molecular weight excluding hydrogens is 594 g/mol. The molecule has 3 aromatic carbocycles. The summed E-state index contributed by atoms with van der Waals surface area (Å²) in [5.41, 5.74) is 1.80. The SMILES string of the molecule is CC(=O)N([C@@H](Cc1ccccc1)C(O)C(=O)OC(C)C)N1C(=O)C(C(C)C)N(C(=O)c2ccc(Cl)cc2)C=C1c1ccccc1. The number of amides is 3. The smallest absolute Gasteiger partial charge is 0.337 e. The highest BCUT2D eigenvalue weighted by molar-refractivity contribution is 6.30. The van der Waals surface area contributed by atoms with Gasteiger partial charge in [0.1, 0.15) is 6.04 Å². The number of hydrazine groups is 1. The summed E-state index contributed by atoms with van der Waals surface area (Å²) in [6, 6.07) is 22.0. The van der Waals surface area contributed by atoms with E-state index in [0.29, 0.717) is 16.1 Å². The molecule has 0 spiro atoms. The zero-order chi connectivity index (χ0) is 32.8. The van der Waals surface area contributed by atoms with Crippen LogP contribution < -0.4 is 0 Å². The van der Waals surface area contributed by atoms with E-state index in [-0.39, 0.29) is 18.0 Å². The van der Waals surface area contributed by atoms with Crippen LogP contribution in [0, 0.1) is 5.92 Å². The van der Waals surface area contributed by atoms with Crippen molar-refractivity contribution in [3.8, 4) is 0 Å². The molecule has 0 fully saturated rings. The second-order valence-corrected chi connectivity index (χ2v) is 11.9. The molecule has 0 bridgehead atoms. The predicted molar refractivity (Wildman–Crippen MR) is 171 cm³/mol. The standard InChI is InChI=1S/C35H38ClN3O6/c1-22(2)31-34(43)39(30(26-14-10-7-11-15-26)21-37(31)33(42)27-16-18-28(36)19-17-27)38(24(5)40)29(20-25-12-8-6-9-13-25)32(41)35(44)45-23(3)4/h6-19,21-23,29,31-32,41H,20H2,1-5H3/t29-,31?,32?/m0/s1. The number of carbonyl (C=O) groups is 4. The molecule has 45 heavy (non-hydrogen) atoms. The van der Waals surface area contributed by atoms with Crippen LogP contribution in [0.4, 0.5) is 0 Å². The van der Waals surface area contributed by atoms with Crippen LogP contribution in [0.15, 0.2) is 91.1 Å². The number of aliphatic hydroxyl groups excluding tert-OH is 1. The fraction of sp³-hybridized carbons (Fsp3) is 0.314. The van der Waals surface area contributed by atoms with Crippen LogP contribution in [0.1, 0.15) is 56.1 Å². The van der Waals surface area contributed by atoms with Gasteiger partial charge in [0.05, 0.1) is 17.8 Å². The van der Waals surface area contributed by atoms with Crippen molar-refractivity contribution in [1.29, 1.82) is 0 Å². The Morgan fingerprint density at radius 1 is 0.911 bits per heavy atom. The van der Waals surface area contributed by atoms with Gasteiger partial charge in [-0.3, -0.25) is 19.3 Å². The molecule has 1 heterocycles. The molecule has 3 amide bonds. The average molecular weight is 632 g/mol. The zero-order valence-corrected chi connectivity index (χ0v) is 26.7. The van der Waals surface area contributed by atoms with Gasteiger partial charge in [0.25, 0.3) is 11.8 Å². The Labute approximate surface area is 268 Å². The first-order chi connectivity index (χ1) is 21.4. The van der Waals surface area contributed by atoms with E-state index in [2.05, 4.69) is 0 Å². The molecular formula is C35H38ClN3O6. The molecule has 2 unspecified atom stereocenters. The first kappa shape index (κ1) is 33.4. The number of carbonyl (C=O) groups excluding carboxylic acids is 4. The highest BCUT2D eigenvalue weighted by Gasteiger charge is 2.47. The van der Waals surface area contributed by atoms with Crippen LogP contribution >= 0.6 is 11.6 Å². The van der Waals surface area contributed by atoms with E-state index < -0.39 is 48.0 Å². The highest BCUT2D eigenvalue weighted by atomic mass is 35.5. The van der Waals surface area contributed by atoms with Crippen molar-refractivity contribution in [3.63, 3.8) is 0 Å². The van der Waals surface area contributed by atoms with Gasteiger partial charge in [-0.2, -0.15) is 0 Å². The van der Waals surface area contributed by atoms with Crippen LogP contribution in [0.5, 0.6) is 0 Å². The molecule has 0 aliphatic carbocycles. The van der Waals surface area contributed by atoms with E-state index in [4.69, 9.17) is 16.3 Å². The van der Waals surface area contributed by atoms with Gasteiger partial charge in [0.15, 0.2) is 6.10 Å². The summed E-state index contributed by atoms with van der Waals surface area (Å²) in [5.74, 6) is -2.91. The first-order valence-corrected chi connectivity index (χ1v) is 15.2. The third-order valence-corrected chi connectivity index (χ3v) is 7.63. The molecule has 3 atom stereocenters. The number of esters is 1. The largest absolute Gasteiger partial charge is 0.461 e. The maximum absolute atomic E-state index is 14.7. The van der Waals surface area contributed by atoms with Gasteiger partial charge >= 0.3 is 5.97 Å². The number of halogens is 1. The molecule has 1 aliphatic heterocycles. The Morgan fingerprint density at radius 2 is 1.49 bits per heavy atom. The summed E-state index contributed by atoms with van der Waals surface area (Å²) in [6.07, 6.45) is -0.746. The predicted octanol–water partition coefficient (Wildman–Crippen LogP) is 5.33. The summed E-state index contributed by atoms with van der Waals surface area (Å²) in [5, 5.41) is 14.3. The van der Waals surface area contributed by atoms with E-state index in [1.165, 1.54) is 16.8 Å². The van der Waals surface area contributed by atoms with Crippen LogP contribution in [-0.2, 0) is 25.5 Å². The minimum absolute atomic E-state index is 0.0282. The van der Waals surface area contributed by atoms with Gasteiger partial charge in [0.2, 0.25) is 5.91 Å². The summed E-state index contributed by atoms with van der Waals surface area (Å²) >= 11 is 6.07. The van der Waals surface area contributed by atoms with Gasteiger partial charge < -0.3 is 9.84 Å². The quantitative estimate of drug-likeness (QED) is 0.303. The van der Waals surface area contributed by atoms with Crippen molar-refractivity contribution in [2.45, 2.75) is 65.3 Å². The number of ether oxygens (including phenoxy) is 1. The van der Waals surface area contributed by atoms with Crippen molar-refractivity contribution in [2.75, 3.05) is 0 Å². The Hall–Kier alpha value is -4.47. The Bertz CT molecular complexity index is 1540. The van der Waals surface area contributed by atoms with Crippen molar-refractivity contribution in [3.05, 3.63) is 113 Å². The molecule has 4 rings (SSSR count). The molecule has 0 saturated heterocycles. The number of nitrogens with zero attached hydrogens (tertiary/aromatic N) is 3. The number of benzene rings is 3. The topological polar surface area (TPSA) is 107 Å². The summed E-state index contributed by atoms with van der Waals surface area (Å²) in [6.45, 7) is 8.19. The normalized spacial score (nSPS) is 16.3. The lowest BCUT2D eigenvalue weighted by atomic mass is 9.96. The Morgan fingerprint density at radius 3 is 2.02 bits per heavy atom. The number of rotatable bonds is 10. The third kappa shape index (κ3) is 7.61. The zero-order valence-electron chi connectivity index (χ0n) is 26.0. The van der Waals surface area contributed by atoms with Crippen LogP contribution in [0.3, 0.4) is 0 Å². The summed E-state index contributed by atoms with van der Waals surface area (Å²) < 4.78 is 5.34. The van der Waals surface area contributed by atoms with E-state index in [9.17, 15) is 24.3 Å². The second-order valence-electron chi connectivity index (χ2n) is 11.5. The molecule has 1 N–H and O–H groups in total. The highest BCUT2D eigenvalue weighted by Crippen LogP contribution is 2.34. The molecule has 0 aromatic heterocycles. The maximum Gasteiger partial charge on any atom is 0.337 e. The Kier molecular flexibility index (Phi) is 10.8. The first-order valence-electron chi connectivity index (χ1n) is 14.8. The fourth-order valence-corrected chi connectivity index (χ4v) is 5.49. The number of hydrogen-bond donors (Lipinski definition) is 1. The van der Waals surface area contributed by atoms with E-state index in [0.717, 1.165) is 10.6 Å². The average Bonchev–Trinajstić information content (AvgIpc) is 3.01. The Balaban J connectivity index is 1.92. The van der Waals surface area contributed by atoms with Gasteiger partial charge in [-0.15, -0.1) is 0 Å². The lowest BCUT2D eigenvalue weighted by Gasteiger charge is -2.47. The van der Waals surface area contributed by atoms with Gasteiger partial charge in [-0.05, 0) is 56.0 Å². The second kappa shape index (κ2) is 14.5. The van der Waals surface area contributed by atoms with Crippen molar-refractivity contribution in [1.82, 2.24) is 14.9 Å².